The minimum Gasteiger partial charge on any atom is -0.477 e. The molecule has 0 radical (unpaired) electrons. The summed E-state index contributed by atoms with van der Waals surface area (Å²) in [6.45, 7) is 0.174. The zero-order chi connectivity index (χ0) is 13.7. The van der Waals surface area contributed by atoms with Gasteiger partial charge in [-0.25, -0.2) is 0 Å². The number of halogens is 1. The zero-order valence-corrected chi connectivity index (χ0v) is 11.0. The van der Waals surface area contributed by atoms with Crippen LogP contribution in [0, 0.1) is 0 Å². The van der Waals surface area contributed by atoms with Gasteiger partial charge in [0.1, 0.15) is 5.75 Å². The highest BCUT2D eigenvalue weighted by Crippen LogP contribution is 2.44. The molecule has 0 bridgehead atoms. The fourth-order valence-electron chi connectivity index (χ4n) is 2.39. The second kappa shape index (κ2) is 4.15. The number of fused-ring (bicyclic) bond motifs is 2. The summed E-state index contributed by atoms with van der Waals surface area (Å²) >= 11 is 5.85. The number of carbonyl (C=O) groups excluding carboxylic acids is 1. The van der Waals surface area contributed by atoms with E-state index in [0.29, 0.717) is 27.8 Å². The summed E-state index contributed by atoms with van der Waals surface area (Å²) in [5.74, 6) is 1.63. The van der Waals surface area contributed by atoms with Crippen molar-refractivity contribution in [1.82, 2.24) is 0 Å². The molecule has 4 rings (SSSR count). The molecule has 100 valence electrons. The van der Waals surface area contributed by atoms with Gasteiger partial charge < -0.3 is 14.2 Å². The Morgan fingerprint density at radius 3 is 2.45 bits per heavy atom. The van der Waals surface area contributed by atoms with Crippen molar-refractivity contribution in [3.05, 3.63) is 52.5 Å². The lowest BCUT2D eigenvalue weighted by Gasteiger charge is -2.09. The summed E-state index contributed by atoms with van der Waals surface area (Å²) in [5.41, 5.74) is 1.30. The topological polar surface area (TPSA) is 44.8 Å². The summed E-state index contributed by atoms with van der Waals surface area (Å²) in [4.78, 5) is 12.4. The quantitative estimate of drug-likeness (QED) is 0.807. The summed E-state index contributed by atoms with van der Waals surface area (Å²) in [6, 6.07) is 10.4. The molecule has 1 atom stereocenters. The van der Waals surface area contributed by atoms with Crippen LogP contribution in [-0.4, -0.2) is 12.6 Å². The Kier molecular flexibility index (Phi) is 2.41. The summed E-state index contributed by atoms with van der Waals surface area (Å²) in [5, 5.41) is 0.623. The maximum Gasteiger partial charge on any atom is 0.231 e. The van der Waals surface area contributed by atoms with Crippen LogP contribution >= 0.6 is 11.6 Å². The van der Waals surface area contributed by atoms with Gasteiger partial charge in [-0.3, -0.25) is 4.79 Å². The summed E-state index contributed by atoms with van der Waals surface area (Å²) in [6.07, 6.45) is -0.634. The first-order chi connectivity index (χ1) is 9.72. The molecule has 2 heterocycles. The molecule has 0 fully saturated rings. The van der Waals surface area contributed by atoms with Crippen LogP contribution in [0.1, 0.15) is 22.0 Å². The first-order valence-electron chi connectivity index (χ1n) is 6.12. The van der Waals surface area contributed by atoms with Gasteiger partial charge in [0, 0.05) is 16.7 Å². The van der Waals surface area contributed by atoms with E-state index in [-0.39, 0.29) is 12.6 Å². The minimum absolute atomic E-state index is 0.0828. The Hall–Kier alpha value is -2.20. The number of Topliss-reactive ketones (excluding diaryl/α,β-unsaturated/α-hetero) is 1. The number of benzene rings is 2. The van der Waals surface area contributed by atoms with E-state index in [0.717, 1.165) is 5.56 Å². The van der Waals surface area contributed by atoms with Crippen LogP contribution in [0.2, 0.25) is 5.02 Å². The highest BCUT2D eigenvalue weighted by Gasteiger charge is 2.36. The van der Waals surface area contributed by atoms with Crippen LogP contribution in [-0.2, 0) is 0 Å². The molecule has 0 spiro atoms. The Morgan fingerprint density at radius 2 is 1.70 bits per heavy atom. The van der Waals surface area contributed by atoms with Crippen LogP contribution < -0.4 is 14.2 Å². The molecule has 0 aromatic heterocycles. The largest absolute Gasteiger partial charge is 0.477 e. The van der Waals surface area contributed by atoms with Crippen LogP contribution in [0.5, 0.6) is 17.2 Å². The van der Waals surface area contributed by atoms with E-state index in [2.05, 4.69) is 0 Å². The average Bonchev–Trinajstić information content (AvgIpc) is 3.02. The highest BCUT2D eigenvalue weighted by atomic mass is 35.5. The van der Waals surface area contributed by atoms with Gasteiger partial charge in [-0.1, -0.05) is 23.7 Å². The summed E-state index contributed by atoms with van der Waals surface area (Å²) < 4.78 is 16.3. The highest BCUT2D eigenvalue weighted by molar-refractivity contribution is 6.30. The van der Waals surface area contributed by atoms with Gasteiger partial charge >= 0.3 is 0 Å². The number of hydrogen-bond acceptors (Lipinski definition) is 4. The lowest BCUT2D eigenvalue weighted by Crippen LogP contribution is -2.10. The molecule has 2 aromatic rings. The number of carbonyl (C=O) groups is 1. The normalized spacial score (nSPS) is 18.9. The smallest absolute Gasteiger partial charge is 0.231 e. The molecular formula is C15H9ClO4. The van der Waals surface area contributed by atoms with Gasteiger partial charge in [-0.2, -0.15) is 0 Å². The summed E-state index contributed by atoms with van der Waals surface area (Å²) in [7, 11) is 0. The molecule has 0 amide bonds. The molecule has 2 aliphatic rings. The molecule has 0 saturated heterocycles. The van der Waals surface area contributed by atoms with Gasteiger partial charge in [-0.05, 0) is 18.2 Å². The predicted molar refractivity (Wildman–Crippen MR) is 71.7 cm³/mol. The molecule has 1 unspecified atom stereocenters. The van der Waals surface area contributed by atoms with Gasteiger partial charge in [-0.15, -0.1) is 0 Å². The third kappa shape index (κ3) is 1.65. The molecular weight excluding hydrogens is 280 g/mol. The Labute approximate surface area is 119 Å². The van der Waals surface area contributed by atoms with Crippen molar-refractivity contribution < 1.29 is 19.0 Å². The molecule has 2 aromatic carbocycles. The maximum atomic E-state index is 12.4. The average molecular weight is 289 g/mol. The van der Waals surface area contributed by atoms with Crippen molar-refractivity contribution in [1.29, 1.82) is 0 Å². The van der Waals surface area contributed by atoms with Crippen molar-refractivity contribution in [2.75, 3.05) is 6.79 Å². The van der Waals surface area contributed by atoms with Crippen molar-refractivity contribution in [2.45, 2.75) is 6.10 Å². The van der Waals surface area contributed by atoms with E-state index in [4.69, 9.17) is 25.8 Å². The first kappa shape index (κ1) is 11.6. The van der Waals surface area contributed by atoms with Crippen LogP contribution in [0.15, 0.2) is 36.4 Å². The Balaban J connectivity index is 1.74. The third-order valence-corrected chi connectivity index (χ3v) is 3.65. The third-order valence-electron chi connectivity index (χ3n) is 3.40. The molecule has 0 saturated carbocycles. The van der Waals surface area contributed by atoms with E-state index in [1.165, 1.54) is 0 Å². The molecule has 5 heteroatoms. The van der Waals surface area contributed by atoms with Crippen molar-refractivity contribution in [2.24, 2.45) is 0 Å². The Bertz CT molecular complexity index is 709. The van der Waals surface area contributed by atoms with Gasteiger partial charge in [0.25, 0.3) is 0 Å². The van der Waals surface area contributed by atoms with E-state index in [1.807, 2.05) is 0 Å². The lowest BCUT2D eigenvalue weighted by molar-refractivity contribution is 0.0857. The van der Waals surface area contributed by atoms with Crippen LogP contribution in [0.3, 0.4) is 0 Å². The lowest BCUT2D eigenvalue weighted by atomic mass is 10.0. The van der Waals surface area contributed by atoms with Crippen molar-refractivity contribution >= 4 is 17.4 Å². The Morgan fingerprint density at radius 1 is 1.00 bits per heavy atom. The molecule has 0 N–H and O–H groups in total. The van der Waals surface area contributed by atoms with Gasteiger partial charge in [0.15, 0.2) is 17.6 Å². The first-order valence-corrected chi connectivity index (χ1v) is 6.50. The van der Waals surface area contributed by atoms with E-state index in [9.17, 15) is 4.79 Å². The molecule has 4 nitrogen and oxygen atoms in total. The molecule has 2 aliphatic heterocycles. The monoisotopic (exact) mass is 288 g/mol. The molecule has 20 heavy (non-hydrogen) atoms. The van der Waals surface area contributed by atoms with E-state index >= 15 is 0 Å². The van der Waals surface area contributed by atoms with E-state index in [1.54, 1.807) is 36.4 Å². The number of ketones is 1. The second-order valence-electron chi connectivity index (χ2n) is 4.62. The SMILES string of the molecule is O=C1c2cc3c(cc2OC1c1ccc(Cl)cc1)OCO3. The van der Waals surface area contributed by atoms with E-state index < -0.39 is 6.10 Å². The second-order valence-corrected chi connectivity index (χ2v) is 5.05. The van der Waals surface area contributed by atoms with Gasteiger partial charge in [0.05, 0.1) is 5.56 Å². The number of hydrogen-bond donors (Lipinski definition) is 0. The van der Waals surface area contributed by atoms with Crippen molar-refractivity contribution in [3.8, 4) is 17.2 Å². The fourth-order valence-corrected chi connectivity index (χ4v) is 2.52. The predicted octanol–water partition coefficient (Wildman–Crippen LogP) is 3.39. The standard InChI is InChI=1S/C15H9ClO4/c16-9-3-1-8(2-4-9)15-14(17)10-5-12-13(19-7-18-12)6-11(10)20-15/h1-6,15H,7H2. The van der Waals surface area contributed by atoms with Gasteiger partial charge in [0.2, 0.25) is 12.6 Å². The maximum absolute atomic E-state index is 12.4. The fraction of sp³-hybridized carbons (Fsp3) is 0.133. The number of rotatable bonds is 1. The minimum atomic E-state index is -0.634. The molecule has 0 aliphatic carbocycles. The zero-order valence-electron chi connectivity index (χ0n) is 10.3. The van der Waals surface area contributed by atoms with Crippen LogP contribution in [0.4, 0.5) is 0 Å². The van der Waals surface area contributed by atoms with Crippen molar-refractivity contribution in [3.63, 3.8) is 0 Å². The number of ether oxygens (including phenoxy) is 3. The van der Waals surface area contributed by atoms with Crippen LogP contribution in [0.25, 0.3) is 0 Å².